The van der Waals surface area contributed by atoms with E-state index < -0.39 is 24.2 Å². The van der Waals surface area contributed by atoms with Crippen molar-refractivity contribution in [2.24, 2.45) is 5.73 Å². The molecule has 0 spiro atoms. The van der Waals surface area contributed by atoms with Crippen LogP contribution in [0.2, 0.25) is 0 Å². The number of methoxy groups -OCH3 is 1. The summed E-state index contributed by atoms with van der Waals surface area (Å²) in [5.74, 6) is -1.94. The Kier molecular flexibility index (Phi) is 5.86. The van der Waals surface area contributed by atoms with Gasteiger partial charge in [-0.15, -0.1) is 0 Å². The normalized spacial score (nSPS) is 11.7. The van der Waals surface area contributed by atoms with Gasteiger partial charge in [-0.1, -0.05) is 24.3 Å². The molecule has 0 saturated carbocycles. The lowest BCUT2D eigenvalue weighted by atomic mass is 9.95. The van der Waals surface area contributed by atoms with E-state index in [1.807, 2.05) is 0 Å². The van der Waals surface area contributed by atoms with E-state index in [0.717, 1.165) is 0 Å². The van der Waals surface area contributed by atoms with Gasteiger partial charge in [-0.25, -0.2) is 0 Å². The van der Waals surface area contributed by atoms with Gasteiger partial charge in [0, 0.05) is 12.0 Å². The van der Waals surface area contributed by atoms with Gasteiger partial charge in [0.1, 0.15) is 0 Å². The predicted octanol–water partition coefficient (Wildman–Crippen LogP) is 0.777. The van der Waals surface area contributed by atoms with Crippen LogP contribution >= 0.6 is 0 Å². The van der Waals surface area contributed by atoms with Gasteiger partial charge in [-0.2, -0.15) is 0 Å². The van der Waals surface area contributed by atoms with E-state index in [1.165, 1.54) is 7.11 Å². The summed E-state index contributed by atoms with van der Waals surface area (Å²) in [4.78, 5) is 33.8. The van der Waals surface area contributed by atoms with E-state index in [0.29, 0.717) is 17.5 Å². The second kappa shape index (κ2) is 7.40. The number of esters is 1. The summed E-state index contributed by atoms with van der Waals surface area (Å²) in [6.45, 7) is 0. The molecule has 1 aromatic carbocycles. The Morgan fingerprint density at radius 2 is 1.95 bits per heavy atom. The van der Waals surface area contributed by atoms with Crippen LogP contribution in [0, 0.1) is 0 Å². The molecule has 1 atom stereocenters. The van der Waals surface area contributed by atoms with Crippen LogP contribution in [-0.2, 0) is 20.7 Å². The molecule has 0 radical (unpaired) electrons. The topological polar surface area (TPSA) is 107 Å². The molecule has 6 nitrogen and oxygen atoms in total. The standard InChI is InChI=1S/C14H17NO5/c1-20-13(18)7-6-9-4-2-3-5-10(9)14(19)11(15)8-12(16)17/h2-5,11H,6-8,15H2,1H3,(H,16,17)/t11-/m0/s1. The lowest BCUT2D eigenvalue weighted by molar-refractivity contribution is -0.140. The number of ketones is 1. The van der Waals surface area contributed by atoms with Crippen LogP contribution in [-0.4, -0.2) is 36.0 Å². The largest absolute Gasteiger partial charge is 0.481 e. The Hall–Kier alpha value is -2.21. The number of nitrogens with two attached hydrogens (primary N) is 1. The fraction of sp³-hybridized carbons (Fsp3) is 0.357. The first-order chi connectivity index (χ1) is 9.45. The van der Waals surface area contributed by atoms with Gasteiger partial charge < -0.3 is 15.6 Å². The second-order valence-electron chi connectivity index (χ2n) is 4.30. The smallest absolute Gasteiger partial charge is 0.305 e. The Balaban J connectivity index is 2.86. The molecule has 1 aromatic rings. The third-order valence-electron chi connectivity index (χ3n) is 2.84. The molecule has 1 rings (SSSR count). The van der Waals surface area contributed by atoms with Gasteiger partial charge >= 0.3 is 11.9 Å². The summed E-state index contributed by atoms with van der Waals surface area (Å²) >= 11 is 0. The summed E-state index contributed by atoms with van der Waals surface area (Å²) in [5, 5.41) is 8.66. The second-order valence-corrected chi connectivity index (χ2v) is 4.30. The Labute approximate surface area is 116 Å². The first kappa shape index (κ1) is 15.8. The fourth-order valence-electron chi connectivity index (χ4n) is 1.80. The maximum absolute atomic E-state index is 12.1. The number of Topliss-reactive ketones (excluding diaryl/α,β-unsaturated/α-hetero) is 1. The van der Waals surface area contributed by atoms with Crippen LogP contribution in [0.1, 0.15) is 28.8 Å². The number of hydrogen-bond donors (Lipinski definition) is 2. The molecule has 0 heterocycles. The predicted molar refractivity (Wildman–Crippen MR) is 71.3 cm³/mol. The highest BCUT2D eigenvalue weighted by Crippen LogP contribution is 2.14. The quantitative estimate of drug-likeness (QED) is 0.564. The Morgan fingerprint density at radius 3 is 2.55 bits per heavy atom. The van der Waals surface area contributed by atoms with Crippen molar-refractivity contribution in [3.63, 3.8) is 0 Å². The number of carboxylic acid groups (broad SMARTS) is 1. The van der Waals surface area contributed by atoms with Gasteiger partial charge in [0.05, 0.1) is 19.6 Å². The van der Waals surface area contributed by atoms with Crippen LogP contribution in [0.25, 0.3) is 0 Å². The number of carboxylic acids is 1. The average Bonchev–Trinajstić information content (AvgIpc) is 2.43. The summed E-state index contributed by atoms with van der Waals surface area (Å²) < 4.78 is 4.55. The summed E-state index contributed by atoms with van der Waals surface area (Å²) in [6, 6.07) is 5.61. The molecule has 3 N–H and O–H groups in total. The summed E-state index contributed by atoms with van der Waals surface area (Å²) in [7, 11) is 1.29. The van der Waals surface area contributed by atoms with Crippen LogP contribution in [0.15, 0.2) is 24.3 Å². The van der Waals surface area contributed by atoms with Crippen molar-refractivity contribution in [1.82, 2.24) is 0 Å². The number of carbonyl (C=O) groups is 3. The lowest BCUT2D eigenvalue weighted by Gasteiger charge is -2.12. The maximum Gasteiger partial charge on any atom is 0.305 e. The van der Waals surface area contributed by atoms with Crippen molar-refractivity contribution in [2.45, 2.75) is 25.3 Å². The molecule has 0 unspecified atom stereocenters. The average molecular weight is 279 g/mol. The molecule has 0 fully saturated rings. The minimum absolute atomic E-state index is 0.148. The van der Waals surface area contributed by atoms with Gasteiger partial charge in [0.2, 0.25) is 0 Å². The molecule has 0 aromatic heterocycles. The van der Waals surface area contributed by atoms with Gasteiger partial charge in [0.15, 0.2) is 5.78 Å². The van der Waals surface area contributed by atoms with Crippen molar-refractivity contribution in [2.75, 3.05) is 7.11 Å². The Bertz CT molecular complexity index is 512. The maximum atomic E-state index is 12.1. The summed E-state index contributed by atoms with van der Waals surface area (Å²) in [6.07, 6.45) is 0.0630. The molecule has 0 aliphatic rings. The number of hydrogen-bond acceptors (Lipinski definition) is 5. The van der Waals surface area contributed by atoms with Gasteiger partial charge in [-0.05, 0) is 12.0 Å². The molecule has 6 heteroatoms. The first-order valence-electron chi connectivity index (χ1n) is 6.12. The molecular formula is C14H17NO5. The number of aliphatic carboxylic acids is 1. The van der Waals surface area contributed by atoms with Crippen molar-refractivity contribution in [3.05, 3.63) is 35.4 Å². The molecule has 0 aliphatic carbocycles. The van der Waals surface area contributed by atoms with E-state index in [1.54, 1.807) is 24.3 Å². The number of aryl methyl sites for hydroxylation is 1. The molecular weight excluding hydrogens is 262 g/mol. The highest BCUT2D eigenvalue weighted by molar-refractivity contribution is 6.02. The van der Waals surface area contributed by atoms with Crippen molar-refractivity contribution in [3.8, 4) is 0 Å². The van der Waals surface area contributed by atoms with E-state index in [2.05, 4.69) is 4.74 Å². The zero-order chi connectivity index (χ0) is 15.1. The fourth-order valence-corrected chi connectivity index (χ4v) is 1.80. The summed E-state index contributed by atoms with van der Waals surface area (Å²) in [5.41, 5.74) is 6.59. The number of ether oxygens (including phenoxy) is 1. The molecule has 0 amide bonds. The Morgan fingerprint density at radius 1 is 1.30 bits per heavy atom. The van der Waals surface area contributed by atoms with Crippen molar-refractivity contribution < 1.29 is 24.2 Å². The molecule has 0 aliphatic heterocycles. The van der Waals surface area contributed by atoms with E-state index in [-0.39, 0.29) is 12.4 Å². The monoisotopic (exact) mass is 279 g/mol. The minimum Gasteiger partial charge on any atom is -0.481 e. The molecule has 0 saturated heterocycles. The highest BCUT2D eigenvalue weighted by atomic mass is 16.5. The third-order valence-corrected chi connectivity index (χ3v) is 2.84. The van der Waals surface area contributed by atoms with Crippen molar-refractivity contribution in [1.29, 1.82) is 0 Å². The van der Waals surface area contributed by atoms with E-state index in [9.17, 15) is 14.4 Å². The zero-order valence-corrected chi connectivity index (χ0v) is 11.2. The zero-order valence-electron chi connectivity index (χ0n) is 11.2. The first-order valence-corrected chi connectivity index (χ1v) is 6.12. The molecule has 20 heavy (non-hydrogen) atoms. The lowest BCUT2D eigenvalue weighted by Crippen LogP contribution is -2.33. The van der Waals surface area contributed by atoms with E-state index in [4.69, 9.17) is 10.8 Å². The molecule has 108 valence electrons. The van der Waals surface area contributed by atoms with Crippen LogP contribution < -0.4 is 5.73 Å². The van der Waals surface area contributed by atoms with Crippen LogP contribution in [0.5, 0.6) is 0 Å². The van der Waals surface area contributed by atoms with E-state index >= 15 is 0 Å². The van der Waals surface area contributed by atoms with Crippen LogP contribution in [0.4, 0.5) is 0 Å². The number of benzene rings is 1. The van der Waals surface area contributed by atoms with Crippen LogP contribution in [0.3, 0.4) is 0 Å². The molecule has 0 bridgehead atoms. The third kappa shape index (κ3) is 4.47. The number of rotatable bonds is 7. The van der Waals surface area contributed by atoms with Gasteiger partial charge in [-0.3, -0.25) is 14.4 Å². The SMILES string of the molecule is COC(=O)CCc1ccccc1C(=O)[C@@H](N)CC(=O)O. The highest BCUT2D eigenvalue weighted by Gasteiger charge is 2.21. The van der Waals surface area contributed by atoms with Crippen molar-refractivity contribution >= 4 is 17.7 Å². The minimum atomic E-state index is -1.13. The van der Waals surface area contributed by atoms with Gasteiger partial charge in [0.25, 0.3) is 0 Å². The number of carbonyl (C=O) groups excluding carboxylic acids is 2.